The van der Waals surface area contributed by atoms with Crippen LogP contribution in [0.15, 0.2) is 24.3 Å². The van der Waals surface area contributed by atoms with Gasteiger partial charge < -0.3 is 15.2 Å². The zero-order valence-electron chi connectivity index (χ0n) is 8.94. The lowest BCUT2D eigenvalue weighted by molar-refractivity contribution is 0.0923. The third kappa shape index (κ3) is 4.20. The second-order valence-corrected chi connectivity index (χ2v) is 3.80. The molecule has 0 aliphatic heterocycles. The van der Waals surface area contributed by atoms with Gasteiger partial charge in [0.2, 0.25) is 0 Å². The van der Waals surface area contributed by atoms with Gasteiger partial charge >= 0.3 is 0 Å². The van der Waals surface area contributed by atoms with E-state index >= 15 is 0 Å². The van der Waals surface area contributed by atoms with Crippen molar-refractivity contribution in [1.29, 1.82) is 0 Å². The summed E-state index contributed by atoms with van der Waals surface area (Å²) in [5, 5.41) is 11.7. The van der Waals surface area contributed by atoms with Crippen LogP contribution in [0.25, 0.3) is 0 Å². The molecule has 2 N–H and O–H groups in total. The van der Waals surface area contributed by atoms with Crippen molar-refractivity contribution in [3.8, 4) is 5.75 Å². The number of alkyl halides is 1. The van der Waals surface area contributed by atoms with E-state index in [1.165, 1.54) is 0 Å². The average Bonchev–Trinajstić information content (AvgIpc) is 2.26. The molecule has 0 heterocycles. The monoisotopic (exact) mass is 287 g/mol. The summed E-state index contributed by atoms with van der Waals surface area (Å²) in [6.07, 6.45) is -0.550. The first kappa shape index (κ1) is 13.0. The summed E-state index contributed by atoms with van der Waals surface area (Å²) in [5.41, 5.74) is 0.894. The Labute approximate surface area is 103 Å². The topological polar surface area (TPSA) is 58.6 Å². The molecule has 1 amide bonds. The SMILES string of the molecule is CC(O)CNC(=O)c1cccc(OCBr)c1. The van der Waals surface area contributed by atoms with Gasteiger partial charge in [0.25, 0.3) is 5.91 Å². The van der Waals surface area contributed by atoms with Crippen LogP contribution in [0.4, 0.5) is 0 Å². The van der Waals surface area contributed by atoms with Gasteiger partial charge in [-0.1, -0.05) is 6.07 Å². The molecule has 88 valence electrons. The Balaban J connectivity index is 2.64. The summed E-state index contributed by atoms with van der Waals surface area (Å²) in [5.74, 6) is 0.405. The van der Waals surface area contributed by atoms with E-state index in [1.54, 1.807) is 31.2 Å². The van der Waals surface area contributed by atoms with Crippen LogP contribution < -0.4 is 10.1 Å². The zero-order chi connectivity index (χ0) is 12.0. The van der Waals surface area contributed by atoms with Gasteiger partial charge in [-0.05, 0) is 41.1 Å². The van der Waals surface area contributed by atoms with Crippen molar-refractivity contribution in [2.45, 2.75) is 13.0 Å². The number of hydrogen-bond acceptors (Lipinski definition) is 3. The van der Waals surface area contributed by atoms with E-state index in [2.05, 4.69) is 21.2 Å². The lowest BCUT2D eigenvalue weighted by Gasteiger charge is -2.08. The fourth-order valence-corrected chi connectivity index (χ4v) is 1.40. The number of aliphatic hydroxyl groups is 1. The second kappa shape index (κ2) is 6.50. The molecule has 0 saturated carbocycles. The summed E-state index contributed by atoms with van der Waals surface area (Å²) in [7, 11) is 0. The van der Waals surface area contributed by atoms with Crippen LogP contribution in [0.3, 0.4) is 0 Å². The van der Waals surface area contributed by atoms with Crippen LogP contribution in [0.5, 0.6) is 5.75 Å². The summed E-state index contributed by atoms with van der Waals surface area (Å²) in [4.78, 5) is 11.6. The van der Waals surface area contributed by atoms with Crippen LogP contribution in [-0.4, -0.2) is 29.2 Å². The maximum absolute atomic E-state index is 11.6. The van der Waals surface area contributed by atoms with Gasteiger partial charge in [0, 0.05) is 12.1 Å². The van der Waals surface area contributed by atoms with E-state index in [0.717, 1.165) is 0 Å². The number of ether oxygens (including phenoxy) is 1. The maximum atomic E-state index is 11.6. The fraction of sp³-hybridized carbons (Fsp3) is 0.364. The van der Waals surface area contributed by atoms with Crippen LogP contribution >= 0.6 is 15.9 Å². The minimum atomic E-state index is -0.550. The lowest BCUT2D eigenvalue weighted by atomic mass is 10.2. The highest BCUT2D eigenvalue weighted by Crippen LogP contribution is 2.13. The van der Waals surface area contributed by atoms with Gasteiger partial charge in [0.1, 0.15) is 11.3 Å². The van der Waals surface area contributed by atoms with Crippen LogP contribution in [-0.2, 0) is 0 Å². The number of carbonyl (C=O) groups excluding carboxylic acids is 1. The zero-order valence-corrected chi connectivity index (χ0v) is 10.5. The van der Waals surface area contributed by atoms with Gasteiger partial charge in [0.05, 0.1) is 6.10 Å². The minimum Gasteiger partial charge on any atom is -0.482 e. The number of amides is 1. The Morgan fingerprint density at radius 3 is 3.00 bits per heavy atom. The molecule has 0 saturated heterocycles. The molecule has 5 heteroatoms. The average molecular weight is 288 g/mol. The Morgan fingerprint density at radius 1 is 1.62 bits per heavy atom. The molecule has 0 spiro atoms. The molecule has 1 aromatic carbocycles. The third-order valence-electron chi connectivity index (χ3n) is 1.88. The highest BCUT2D eigenvalue weighted by atomic mass is 79.9. The molecule has 4 nitrogen and oxygen atoms in total. The molecule has 16 heavy (non-hydrogen) atoms. The number of carbonyl (C=O) groups is 1. The molecular weight excluding hydrogens is 274 g/mol. The van der Waals surface area contributed by atoms with E-state index in [0.29, 0.717) is 16.8 Å². The number of aliphatic hydroxyl groups excluding tert-OH is 1. The van der Waals surface area contributed by atoms with Crippen molar-refractivity contribution in [3.05, 3.63) is 29.8 Å². The summed E-state index contributed by atoms with van der Waals surface area (Å²) >= 11 is 3.14. The first-order valence-corrected chi connectivity index (χ1v) is 6.00. The number of rotatable bonds is 5. The highest BCUT2D eigenvalue weighted by Gasteiger charge is 2.07. The minimum absolute atomic E-state index is 0.221. The largest absolute Gasteiger partial charge is 0.482 e. The van der Waals surface area contributed by atoms with Crippen LogP contribution in [0.1, 0.15) is 17.3 Å². The van der Waals surface area contributed by atoms with Gasteiger partial charge in [-0.25, -0.2) is 0 Å². The molecule has 1 rings (SSSR count). The van der Waals surface area contributed by atoms with E-state index in [-0.39, 0.29) is 12.5 Å². The van der Waals surface area contributed by atoms with Crippen LogP contribution in [0.2, 0.25) is 0 Å². The van der Waals surface area contributed by atoms with Crippen molar-refractivity contribution in [1.82, 2.24) is 5.32 Å². The van der Waals surface area contributed by atoms with Crippen LogP contribution in [0, 0.1) is 0 Å². The van der Waals surface area contributed by atoms with E-state index < -0.39 is 6.10 Å². The molecule has 1 atom stereocenters. The molecule has 0 aliphatic rings. The molecule has 0 radical (unpaired) electrons. The standard InChI is InChI=1S/C11H14BrNO3/c1-8(14)6-13-11(15)9-3-2-4-10(5-9)16-7-12/h2-5,8,14H,6-7H2,1H3,(H,13,15). The number of nitrogens with one attached hydrogen (secondary N) is 1. The van der Waals surface area contributed by atoms with Gasteiger partial charge in [-0.15, -0.1) is 0 Å². The second-order valence-electron chi connectivity index (χ2n) is 3.34. The first-order chi connectivity index (χ1) is 7.63. The van der Waals surface area contributed by atoms with Crippen molar-refractivity contribution in [2.75, 3.05) is 12.1 Å². The molecule has 0 fully saturated rings. The van der Waals surface area contributed by atoms with Gasteiger partial charge in [-0.3, -0.25) is 4.79 Å². The predicted molar refractivity (Wildman–Crippen MR) is 64.9 cm³/mol. The normalized spacial score (nSPS) is 11.9. The van der Waals surface area contributed by atoms with Crippen molar-refractivity contribution in [2.24, 2.45) is 0 Å². The Kier molecular flexibility index (Phi) is 5.28. The van der Waals surface area contributed by atoms with Gasteiger partial charge in [0.15, 0.2) is 0 Å². The highest BCUT2D eigenvalue weighted by molar-refractivity contribution is 9.09. The Hall–Kier alpha value is -1.07. The quantitative estimate of drug-likeness (QED) is 0.808. The summed E-state index contributed by atoms with van der Waals surface area (Å²) in [6, 6.07) is 6.86. The molecule has 0 bridgehead atoms. The molecule has 1 unspecified atom stereocenters. The maximum Gasteiger partial charge on any atom is 0.251 e. The number of halogens is 1. The van der Waals surface area contributed by atoms with Crippen molar-refractivity contribution >= 4 is 21.8 Å². The molecule has 0 aromatic heterocycles. The van der Waals surface area contributed by atoms with Gasteiger partial charge in [-0.2, -0.15) is 0 Å². The number of benzene rings is 1. The third-order valence-corrected chi connectivity index (χ3v) is 2.10. The lowest BCUT2D eigenvalue weighted by Crippen LogP contribution is -2.30. The molecule has 0 aliphatic carbocycles. The molecule has 1 aromatic rings. The predicted octanol–water partition coefficient (Wildman–Crippen LogP) is 1.53. The Morgan fingerprint density at radius 2 is 2.38 bits per heavy atom. The molecular formula is C11H14BrNO3. The van der Waals surface area contributed by atoms with E-state index in [1.807, 2.05) is 0 Å². The van der Waals surface area contributed by atoms with E-state index in [4.69, 9.17) is 9.84 Å². The summed E-state index contributed by atoms with van der Waals surface area (Å²) < 4.78 is 5.21. The van der Waals surface area contributed by atoms with Crippen molar-refractivity contribution in [3.63, 3.8) is 0 Å². The number of hydrogen-bond donors (Lipinski definition) is 2. The summed E-state index contributed by atoms with van der Waals surface area (Å²) in [6.45, 7) is 1.85. The smallest absolute Gasteiger partial charge is 0.251 e. The first-order valence-electron chi connectivity index (χ1n) is 4.88. The Bertz CT molecular complexity index is 355. The fourth-order valence-electron chi connectivity index (χ4n) is 1.13. The van der Waals surface area contributed by atoms with E-state index in [9.17, 15) is 4.79 Å². The van der Waals surface area contributed by atoms with Crippen molar-refractivity contribution < 1.29 is 14.6 Å².